The fraction of sp³-hybridized carbons (Fsp3) is 0.500. The van der Waals surface area contributed by atoms with E-state index < -0.39 is 18.0 Å². The fourth-order valence-electron chi connectivity index (χ4n) is 1.36. The molecule has 1 aromatic carbocycles. The molecule has 0 aliphatic carbocycles. The summed E-state index contributed by atoms with van der Waals surface area (Å²) in [6.07, 6.45) is -4.45. The van der Waals surface area contributed by atoms with Gasteiger partial charge < -0.3 is 4.74 Å². The van der Waals surface area contributed by atoms with E-state index in [4.69, 9.17) is 16.3 Å². The van der Waals surface area contributed by atoms with Crippen LogP contribution in [0, 0.1) is 0 Å². The molecule has 0 amide bonds. The summed E-state index contributed by atoms with van der Waals surface area (Å²) in [4.78, 5) is 0. The summed E-state index contributed by atoms with van der Waals surface area (Å²) in [5.41, 5.74) is 0.421. The molecule has 0 N–H and O–H groups in total. The second-order valence-electron chi connectivity index (χ2n) is 3.83. The van der Waals surface area contributed by atoms with Crippen molar-refractivity contribution in [3.05, 3.63) is 28.2 Å². The van der Waals surface area contributed by atoms with E-state index in [1.54, 1.807) is 18.2 Å². The Bertz CT molecular complexity index is 395. The normalized spacial score (nSPS) is 13.4. The molecule has 0 heterocycles. The molecule has 0 radical (unpaired) electrons. The molecule has 102 valence electrons. The Morgan fingerprint density at radius 1 is 1.39 bits per heavy atom. The van der Waals surface area contributed by atoms with Crippen molar-refractivity contribution in [2.24, 2.45) is 0 Å². The molecule has 0 spiro atoms. The lowest BCUT2D eigenvalue weighted by Gasteiger charge is -2.14. The monoisotopic (exact) mass is 344 g/mol. The van der Waals surface area contributed by atoms with E-state index >= 15 is 0 Å². The minimum Gasteiger partial charge on any atom is -0.492 e. The van der Waals surface area contributed by atoms with E-state index in [0.29, 0.717) is 22.4 Å². The summed E-state index contributed by atoms with van der Waals surface area (Å²) in [5.74, 6) is 0.608. The average Bonchev–Trinajstić information content (AvgIpc) is 2.25. The van der Waals surface area contributed by atoms with Gasteiger partial charge in [-0.05, 0) is 40.0 Å². The van der Waals surface area contributed by atoms with Crippen molar-refractivity contribution in [3.8, 4) is 5.75 Å². The molecule has 0 aromatic heterocycles. The lowest BCUT2D eigenvalue weighted by Crippen LogP contribution is -2.10. The summed E-state index contributed by atoms with van der Waals surface area (Å²) in [5, 5.41) is -1.08. The number of benzene rings is 1. The Kier molecular flexibility index (Phi) is 5.79. The zero-order chi connectivity index (χ0) is 13.8. The van der Waals surface area contributed by atoms with Crippen LogP contribution in [-0.4, -0.2) is 12.8 Å². The van der Waals surface area contributed by atoms with Crippen LogP contribution in [0.15, 0.2) is 22.7 Å². The highest BCUT2D eigenvalue weighted by molar-refractivity contribution is 9.10. The minimum atomic E-state index is -4.27. The summed E-state index contributed by atoms with van der Waals surface area (Å²) in [6.45, 7) is 2.53. The van der Waals surface area contributed by atoms with Crippen LogP contribution in [0.1, 0.15) is 30.7 Å². The summed E-state index contributed by atoms with van der Waals surface area (Å²) in [6, 6.07) is 4.74. The van der Waals surface area contributed by atoms with Crippen molar-refractivity contribution in [1.29, 1.82) is 0 Å². The molecule has 0 fully saturated rings. The molecule has 0 bridgehead atoms. The highest BCUT2D eigenvalue weighted by Gasteiger charge is 2.31. The van der Waals surface area contributed by atoms with Gasteiger partial charge in [0.25, 0.3) is 0 Å². The van der Waals surface area contributed by atoms with Gasteiger partial charge in [-0.15, -0.1) is 11.6 Å². The van der Waals surface area contributed by atoms with E-state index in [0.717, 1.165) is 6.42 Å². The Hall–Kier alpha value is -0.420. The summed E-state index contributed by atoms with van der Waals surface area (Å²) >= 11 is 9.00. The lowest BCUT2D eigenvalue weighted by molar-refractivity contribution is -0.134. The van der Waals surface area contributed by atoms with Gasteiger partial charge in [0, 0.05) is 0 Å². The molecule has 1 atom stereocenters. The van der Waals surface area contributed by atoms with Crippen LogP contribution in [0.25, 0.3) is 0 Å². The molecule has 6 heteroatoms. The number of halogens is 5. The molecule has 1 aromatic rings. The predicted molar refractivity (Wildman–Crippen MR) is 69.2 cm³/mol. The van der Waals surface area contributed by atoms with Crippen molar-refractivity contribution < 1.29 is 17.9 Å². The molecule has 1 nitrogen and oxygen atoms in total. The van der Waals surface area contributed by atoms with E-state index in [1.165, 1.54) is 0 Å². The number of hydrogen-bond acceptors (Lipinski definition) is 1. The minimum absolute atomic E-state index is 0.421. The van der Waals surface area contributed by atoms with Gasteiger partial charge >= 0.3 is 6.18 Å². The molecule has 0 aliphatic heterocycles. The summed E-state index contributed by atoms with van der Waals surface area (Å²) in [7, 11) is 0. The lowest BCUT2D eigenvalue weighted by atomic mass is 10.1. The van der Waals surface area contributed by atoms with Crippen LogP contribution in [0.2, 0.25) is 0 Å². The van der Waals surface area contributed by atoms with Gasteiger partial charge in [0.1, 0.15) is 5.75 Å². The van der Waals surface area contributed by atoms with Gasteiger partial charge in [-0.1, -0.05) is 13.0 Å². The van der Waals surface area contributed by atoms with Crippen molar-refractivity contribution >= 4 is 27.5 Å². The molecule has 18 heavy (non-hydrogen) atoms. The van der Waals surface area contributed by atoms with Crippen LogP contribution < -0.4 is 4.74 Å². The second-order valence-corrected chi connectivity index (χ2v) is 5.21. The highest BCUT2D eigenvalue weighted by Crippen LogP contribution is 2.36. The van der Waals surface area contributed by atoms with E-state index in [9.17, 15) is 13.2 Å². The van der Waals surface area contributed by atoms with Crippen molar-refractivity contribution in [3.63, 3.8) is 0 Å². The third-order valence-electron chi connectivity index (χ3n) is 2.19. The fourth-order valence-corrected chi connectivity index (χ4v) is 2.18. The number of ether oxygens (including phenoxy) is 1. The number of alkyl halides is 4. The van der Waals surface area contributed by atoms with Crippen LogP contribution in [-0.2, 0) is 0 Å². The maximum atomic E-state index is 12.2. The predicted octanol–water partition coefficient (Wildman–Crippen LogP) is 5.47. The molecular weight excluding hydrogens is 332 g/mol. The van der Waals surface area contributed by atoms with Crippen LogP contribution in [0.5, 0.6) is 5.75 Å². The second kappa shape index (κ2) is 6.66. The first-order valence-corrected chi connectivity index (χ1v) is 6.69. The molecule has 1 rings (SSSR count). The Balaban J connectivity index is 2.77. The van der Waals surface area contributed by atoms with Gasteiger partial charge in [0.15, 0.2) is 0 Å². The van der Waals surface area contributed by atoms with Gasteiger partial charge in [-0.2, -0.15) is 13.2 Å². The smallest absolute Gasteiger partial charge is 0.390 e. The first-order valence-electron chi connectivity index (χ1n) is 5.46. The van der Waals surface area contributed by atoms with Gasteiger partial charge in [-0.25, -0.2) is 0 Å². The maximum Gasteiger partial charge on any atom is 0.390 e. The molecule has 1 unspecified atom stereocenters. The highest BCUT2D eigenvalue weighted by atomic mass is 79.9. The number of hydrogen-bond donors (Lipinski definition) is 0. The Morgan fingerprint density at radius 3 is 2.56 bits per heavy atom. The molecule has 0 aliphatic rings. The number of rotatable bonds is 5. The van der Waals surface area contributed by atoms with Crippen molar-refractivity contribution in [1.82, 2.24) is 0 Å². The first kappa shape index (κ1) is 15.6. The zero-order valence-corrected chi connectivity index (χ0v) is 12.1. The summed E-state index contributed by atoms with van der Waals surface area (Å²) < 4.78 is 42.7. The average molecular weight is 346 g/mol. The Morgan fingerprint density at radius 2 is 2.06 bits per heavy atom. The SMILES string of the molecule is CCCOc1ccc(C(Cl)CC(F)(F)F)cc1Br. The standard InChI is InChI=1S/C12H13BrClF3O/c1-2-5-18-11-4-3-8(6-9(11)13)10(14)7-12(15,16)17/h3-4,6,10H,2,5,7H2,1H3. The molecule has 0 saturated heterocycles. The van der Waals surface area contributed by atoms with Gasteiger partial charge in [-0.3, -0.25) is 0 Å². The van der Waals surface area contributed by atoms with Crippen molar-refractivity contribution in [2.45, 2.75) is 31.3 Å². The van der Waals surface area contributed by atoms with E-state index in [1.807, 2.05) is 6.92 Å². The largest absolute Gasteiger partial charge is 0.492 e. The van der Waals surface area contributed by atoms with Crippen LogP contribution >= 0.6 is 27.5 Å². The maximum absolute atomic E-state index is 12.2. The van der Waals surface area contributed by atoms with E-state index in [-0.39, 0.29) is 0 Å². The van der Waals surface area contributed by atoms with Gasteiger partial charge in [0.05, 0.1) is 22.9 Å². The van der Waals surface area contributed by atoms with Crippen LogP contribution in [0.4, 0.5) is 13.2 Å². The third kappa shape index (κ3) is 5.06. The quantitative estimate of drug-likeness (QED) is 0.643. The molecule has 0 saturated carbocycles. The van der Waals surface area contributed by atoms with Crippen LogP contribution in [0.3, 0.4) is 0 Å². The first-order chi connectivity index (χ1) is 8.33. The topological polar surface area (TPSA) is 9.23 Å². The zero-order valence-electron chi connectivity index (χ0n) is 9.73. The van der Waals surface area contributed by atoms with Gasteiger partial charge in [0.2, 0.25) is 0 Å². The van der Waals surface area contributed by atoms with Crippen molar-refractivity contribution in [2.75, 3.05) is 6.61 Å². The Labute approximate surface area is 117 Å². The van der Waals surface area contributed by atoms with E-state index in [2.05, 4.69) is 15.9 Å². The molecular formula is C12H13BrClF3O. The third-order valence-corrected chi connectivity index (χ3v) is 3.22.